The number of rotatable bonds is 5. The molecule has 132 valence electrons. The Bertz CT molecular complexity index is 1010. The molecule has 0 fully saturated rings. The number of para-hydroxylation sites is 1. The Morgan fingerprint density at radius 2 is 2.12 bits per heavy atom. The zero-order chi connectivity index (χ0) is 18.1. The number of nitrogens with zero attached hydrogens (tertiary/aromatic N) is 3. The van der Waals surface area contributed by atoms with E-state index >= 15 is 0 Å². The summed E-state index contributed by atoms with van der Waals surface area (Å²) in [5, 5.41) is 8.12. The lowest BCUT2D eigenvalue weighted by Crippen LogP contribution is -2.23. The molecule has 0 bridgehead atoms. The van der Waals surface area contributed by atoms with Crippen LogP contribution in [0.1, 0.15) is 41.7 Å². The Hall–Kier alpha value is -2.93. The van der Waals surface area contributed by atoms with Crippen LogP contribution in [0.2, 0.25) is 0 Å². The average Bonchev–Trinajstić information content (AvgIpc) is 3.37. The van der Waals surface area contributed by atoms with E-state index in [2.05, 4.69) is 29.2 Å². The lowest BCUT2D eigenvalue weighted by atomic mass is 10.1. The maximum absolute atomic E-state index is 12.5. The Kier molecular flexibility index (Phi) is 4.30. The molecule has 26 heavy (non-hydrogen) atoms. The summed E-state index contributed by atoms with van der Waals surface area (Å²) in [7, 11) is 0. The molecule has 0 unspecified atom stereocenters. The number of hydrogen-bond donors (Lipinski definition) is 1. The van der Waals surface area contributed by atoms with Crippen molar-refractivity contribution in [3.05, 3.63) is 65.9 Å². The van der Waals surface area contributed by atoms with Crippen LogP contribution in [-0.2, 0) is 6.54 Å². The van der Waals surface area contributed by atoms with E-state index in [-0.39, 0.29) is 11.8 Å². The van der Waals surface area contributed by atoms with Crippen LogP contribution in [0.25, 0.3) is 15.3 Å². The van der Waals surface area contributed by atoms with Gasteiger partial charge in [0, 0.05) is 0 Å². The van der Waals surface area contributed by atoms with E-state index in [4.69, 9.17) is 4.42 Å². The topological polar surface area (TPSA) is 73.0 Å². The predicted molar refractivity (Wildman–Crippen MR) is 101 cm³/mol. The third-order valence-electron chi connectivity index (χ3n) is 4.03. The highest BCUT2D eigenvalue weighted by Crippen LogP contribution is 2.27. The summed E-state index contributed by atoms with van der Waals surface area (Å²) >= 11 is 1.56. The van der Waals surface area contributed by atoms with Crippen LogP contribution < -0.4 is 5.32 Å². The smallest absolute Gasteiger partial charge is 0.272 e. The van der Waals surface area contributed by atoms with Gasteiger partial charge in [-0.15, -0.1) is 0 Å². The molecule has 4 aromatic rings. The first kappa shape index (κ1) is 16.5. The molecule has 1 amide bonds. The second-order valence-electron chi connectivity index (χ2n) is 6.25. The molecule has 0 aliphatic rings. The van der Waals surface area contributed by atoms with Crippen LogP contribution in [0.15, 0.2) is 53.1 Å². The van der Waals surface area contributed by atoms with Crippen molar-refractivity contribution in [2.24, 2.45) is 0 Å². The summed E-state index contributed by atoms with van der Waals surface area (Å²) in [6.07, 6.45) is 1.58. The van der Waals surface area contributed by atoms with E-state index < -0.39 is 0 Å². The standard InChI is InChI=1S/C19H18N4O2S/c1-12(2)16-10-15(18(24)20-11-13-6-5-9-25-13)22-23(16)19-21-14-7-3-4-8-17(14)26-19/h3-10,12H,11H2,1-2H3,(H,20,24). The monoisotopic (exact) mass is 366 g/mol. The number of benzene rings is 1. The molecule has 1 aromatic carbocycles. The molecule has 1 N–H and O–H groups in total. The lowest BCUT2D eigenvalue weighted by Gasteiger charge is -2.05. The fourth-order valence-corrected chi connectivity index (χ4v) is 3.63. The van der Waals surface area contributed by atoms with Gasteiger partial charge in [0.1, 0.15) is 5.76 Å². The average molecular weight is 366 g/mol. The maximum Gasteiger partial charge on any atom is 0.272 e. The molecule has 0 aliphatic heterocycles. The maximum atomic E-state index is 12.5. The Labute approximate surface area is 154 Å². The fourth-order valence-electron chi connectivity index (χ4n) is 2.69. The van der Waals surface area contributed by atoms with Crippen LogP contribution >= 0.6 is 11.3 Å². The number of carbonyl (C=O) groups is 1. The summed E-state index contributed by atoms with van der Waals surface area (Å²) in [5.74, 6) is 0.678. The number of nitrogens with one attached hydrogen (secondary N) is 1. The Balaban J connectivity index is 1.65. The van der Waals surface area contributed by atoms with Crippen molar-refractivity contribution in [2.45, 2.75) is 26.3 Å². The van der Waals surface area contributed by atoms with Crippen LogP contribution in [0, 0.1) is 0 Å². The van der Waals surface area contributed by atoms with Gasteiger partial charge in [0.15, 0.2) is 5.69 Å². The zero-order valence-electron chi connectivity index (χ0n) is 14.5. The molecular formula is C19H18N4O2S. The molecule has 3 aromatic heterocycles. The van der Waals surface area contributed by atoms with Crippen LogP contribution in [0.3, 0.4) is 0 Å². The molecule has 0 radical (unpaired) electrons. The highest BCUT2D eigenvalue weighted by atomic mass is 32.1. The van der Waals surface area contributed by atoms with E-state index in [0.29, 0.717) is 18.0 Å². The summed E-state index contributed by atoms with van der Waals surface area (Å²) < 4.78 is 8.11. The van der Waals surface area contributed by atoms with Gasteiger partial charge in [-0.3, -0.25) is 4.79 Å². The van der Waals surface area contributed by atoms with Crippen molar-refractivity contribution >= 4 is 27.5 Å². The highest BCUT2D eigenvalue weighted by Gasteiger charge is 2.19. The number of carbonyl (C=O) groups excluding carboxylic acids is 1. The van der Waals surface area contributed by atoms with Crippen molar-refractivity contribution in [1.29, 1.82) is 0 Å². The first-order valence-corrected chi connectivity index (χ1v) is 9.20. The normalized spacial score (nSPS) is 11.3. The summed E-state index contributed by atoms with van der Waals surface area (Å²) in [6, 6.07) is 13.4. The second kappa shape index (κ2) is 6.76. The number of amides is 1. The molecular weight excluding hydrogens is 348 g/mol. The van der Waals surface area contributed by atoms with Gasteiger partial charge >= 0.3 is 0 Å². The molecule has 0 atom stereocenters. The summed E-state index contributed by atoms with van der Waals surface area (Å²) in [6.45, 7) is 4.48. The van der Waals surface area contributed by atoms with Crippen LogP contribution in [-0.4, -0.2) is 20.7 Å². The number of hydrogen-bond acceptors (Lipinski definition) is 5. The minimum atomic E-state index is -0.233. The van der Waals surface area contributed by atoms with E-state index in [0.717, 1.165) is 21.0 Å². The Morgan fingerprint density at radius 1 is 1.27 bits per heavy atom. The molecule has 0 saturated carbocycles. The van der Waals surface area contributed by atoms with Gasteiger partial charge in [-0.05, 0) is 36.2 Å². The Morgan fingerprint density at radius 3 is 2.85 bits per heavy atom. The van der Waals surface area contributed by atoms with E-state index in [1.807, 2.05) is 36.4 Å². The van der Waals surface area contributed by atoms with Gasteiger partial charge in [-0.1, -0.05) is 37.3 Å². The lowest BCUT2D eigenvalue weighted by molar-refractivity contribution is 0.0942. The van der Waals surface area contributed by atoms with Crippen LogP contribution in [0.5, 0.6) is 0 Å². The van der Waals surface area contributed by atoms with Crippen molar-refractivity contribution in [3.8, 4) is 5.13 Å². The first-order chi connectivity index (χ1) is 12.6. The molecule has 0 aliphatic carbocycles. The largest absolute Gasteiger partial charge is 0.467 e. The van der Waals surface area contributed by atoms with Gasteiger partial charge < -0.3 is 9.73 Å². The van der Waals surface area contributed by atoms with Crippen molar-refractivity contribution in [1.82, 2.24) is 20.1 Å². The van der Waals surface area contributed by atoms with Gasteiger partial charge in [-0.2, -0.15) is 5.10 Å². The number of aromatic nitrogens is 3. The van der Waals surface area contributed by atoms with Crippen molar-refractivity contribution in [2.75, 3.05) is 0 Å². The second-order valence-corrected chi connectivity index (χ2v) is 7.26. The van der Waals surface area contributed by atoms with Crippen LogP contribution in [0.4, 0.5) is 0 Å². The minimum absolute atomic E-state index is 0.209. The summed E-state index contributed by atoms with van der Waals surface area (Å²) in [4.78, 5) is 17.1. The van der Waals surface area contributed by atoms with E-state index in [1.54, 1.807) is 28.3 Å². The third kappa shape index (κ3) is 3.13. The van der Waals surface area contributed by atoms with E-state index in [1.165, 1.54) is 0 Å². The van der Waals surface area contributed by atoms with Crippen molar-refractivity contribution < 1.29 is 9.21 Å². The minimum Gasteiger partial charge on any atom is -0.467 e. The quantitative estimate of drug-likeness (QED) is 0.576. The third-order valence-corrected chi connectivity index (χ3v) is 5.04. The molecule has 7 heteroatoms. The first-order valence-electron chi connectivity index (χ1n) is 8.38. The molecule has 4 rings (SSSR count). The SMILES string of the molecule is CC(C)c1cc(C(=O)NCc2ccco2)nn1-c1nc2ccccc2s1. The fraction of sp³-hybridized carbons (Fsp3) is 0.211. The van der Waals surface area contributed by atoms with Gasteiger partial charge in [0.05, 0.1) is 28.7 Å². The van der Waals surface area contributed by atoms with Gasteiger partial charge in [0.25, 0.3) is 5.91 Å². The number of thiazole rings is 1. The number of fused-ring (bicyclic) bond motifs is 1. The highest BCUT2D eigenvalue weighted by molar-refractivity contribution is 7.20. The molecule has 3 heterocycles. The number of furan rings is 1. The predicted octanol–water partition coefficient (Wildman–Crippen LogP) is 4.13. The van der Waals surface area contributed by atoms with Gasteiger partial charge in [-0.25, -0.2) is 9.67 Å². The van der Waals surface area contributed by atoms with Gasteiger partial charge in [0.2, 0.25) is 5.13 Å². The molecule has 6 nitrogen and oxygen atoms in total. The van der Waals surface area contributed by atoms with E-state index in [9.17, 15) is 4.79 Å². The van der Waals surface area contributed by atoms with Crippen molar-refractivity contribution in [3.63, 3.8) is 0 Å². The summed E-state index contributed by atoms with van der Waals surface area (Å²) in [5.41, 5.74) is 2.26. The molecule has 0 spiro atoms. The molecule has 0 saturated heterocycles. The zero-order valence-corrected chi connectivity index (χ0v) is 15.3.